The lowest BCUT2D eigenvalue weighted by atomic mass is 9.99. The maximum absolute atomic E-state index is 13.3. The molecule has 1 aromatic rings. The molecular weight excluding hydrogens is 233 g/mol. The minimum absolute atomic E-state index is 0.267. The summed E-state index contributed by atoms with van der Waals surface area (Å²) in [7, 11) is 0. The van der Waals surface area contributed by atoms with Crippen LogP contribution in [0.1, 0.15) is 12.8 Å². The van der Waals surface area contributed by atoms with Crippen molar-refractivity contribution in [1.29, 1.82) is 0 Å². The maximum atomic E-state index is 13.3. The lowest BCUT2D eigenvalue weighted by Crippen LogP contribution is -2.39. The van der Waals surface area contributed by atoms with E-state index in [-0.39, 0.29) is 12.4 Å². The molecule has 0 spiro atoms. The SMILES string of the molecule is OCC1CCCN(CCNc2ccncc2F)C1. The zero-order chi connectivity index (χ0) is 12.8. The van der Waals surface area contributed by atoms with Crippen molar-refractivity contribution < 1.29 is 9.50 Å². The van der Waals surface area contributed by atoms with Crippen LogP contribution >= 0.6 is 0 Å². The van der Waals surface area contributed by atoms with Crippen molar-refractivity contribution in [2.75, 3.05) is 38.1 Å². The van der Waals surface area contributed by atoms with Crippen molar-refractivity contribution >= 4 is 5.69 Å². The number of likely N-dealkylation sites (tertiary alicyclic amines) is 1. The minimum Gasteiger partial charge on any atom is -0.396 e. The highest BCUT2D eigenvalue weighted by molar-refractivity contribution is 5.42. The van der Waals surface area contributed by atoms with E-state index in [1.54, 1.807) is 12.3 Å². The fraction of sp³-hybridized carbons (Fsp3) is 0.615. The Labute approximate surface area is 107 Å². The molecule has 2 rings (SSSR count). The number of halogens is 1. The van der Waals surface area contributed by atoms with Crippen LogP contribution in [0.2, 0.25) is 0 Å². The molecule has 18 heavy (non-hydrogen) atoms. The number of hydrogen-bond donors (Lipinski definition) is 2. The molecule has 0 bridgehead atoms. The number of aliphatic hydroxyl groups excluding tert-OH is 1. The summed E-state index contributed by atoms with van der Waals surface area (Å²) in [5.74, 6) is 0.0841. The highest BCUT2D eigenvalue weighted by Crippen LogP contribution is 2.15. The Bertz CT molecular complexity index is 375. The average Bonchev–Trinajstić information content (AvgIpc) is 2.41. The molecule has 100 valence electrons. The molecule has 1 saturated heterocycles. The van der Waals surface area contributed by atoms with Crippen LogP contribution in [0.3, 0.4) is 0 Å². The molecule has 0 saturated carbocycles. The predicted octanol–water partition coefficient (Wildman–Crippen LogP) is 1.34. The topological polar surface area (TPSA) is 48.4 Å². The van der Waals surface area contributed by atoms with Crippen molar-refractivity contribution in [2.24, 2.45) is 5.92 Å². The summed E-state index contributed by atoms with van der Waals surface area (Å²) < 4.78 is 13.3. The van der Waals surface area contributed by atoms with E-state index in [4.69, 9.17) is 5.11 Å². The molecule has 1 unspecified atom stereocenters. The molecule has 1 aliphatic heterocycles. The summed E-state index contributed by atoms with van der Waals surface area (Å²) >= 11 is 0. The highest BCUT2D eigenvalue weighted by atomic mass is 19.1. The Morgan fingerprint density at radius 1 is 1.56 bits per heavy atom. The zero-order valence-electron chi connectivity index (χ0n) is 10.5. The van der Waals surface area contributed by atoms with Crippen LogP contribution in [-0.2, 0) is 0 Å². The molecule has 0 amide bonds. The van der Waals surface area contributed by atoms with Crippen LogP contribution in [-0.4, -0.2) is 47.8 Å². The summed E-state index contributed by atoms with van der Waals surface area (Å²) in [6.07, 6.45) is 5.04. The number of anilines is 1. The first kappa shape index (κ1) is 13.2. The first-order valence-electron chi connectivity index (χ1n) is 6.46. The molecule has 4 nitrogen and oxygen atoms in total. The molecular formula is C13H20FN3O. The molecule has 2 heterocycles. The summed E-state index contributed by atoms with van der Waals surface area (Å²) in [4.78, 5) is 6.03. The lowest BCUT2D eigenvalue weighted by molar-refractivity contribution is 0.123. The molecule has 1 aliphatic rings. The maximum Gasteiger partial charge on any atom is 0.164 e. The van der Waals surface area contributed by atoms with Gasteiger partial charge in [0.2, 0.25) is 0 Å². The standard InChI is InChI=1S/C13H20FN3O/c14-12-8-15-4-3-13(12)16-5-7-17-6-1-2-11(9-17)10-18/h3-4,8,11,18H,1-2,5-7,9-10H2,(H,15,16). The van der Waals surface area contributed by atoms with Gasteiger partial charge in [-0.1, -0.05) is 0 Å². The van der Waals surface area contributed by atoms with Crippen molar-refractivity contribution in [3.05, 3.63) is 24.3 Å². The van der Waals surface area contributed by atoms with E-state index >= 15 is 0 Å². The van der Waals surface area contributed by atoms with E-state index in [2.05, 4.69) is 15.2 Å². The number of piperidine rings is 1. The number of nitrogens with one attached hydrogen (secondary N) is 1. The molecule has 0 radical (unpaired) electrons. The molecule has 1 aromatic heterocycles. The number of hydrogen-bond acceptors (Lipinski definition) is 4. The quantitative estimate of drug-likeness (QED) is 0.831. The van der Waals surface area contributed by atoms with Gasteiger partial charge in [0.15, 0.2) is 5.82 Å². The minimum atomic E-state index is -0.315. The molecule has 0 aliphatic carbocycles. The van der Waals surface area contributed by atoms with Crippen molar-refractivity contribution in [2.45, 2.75) is 12.8 Å². The summed E-state index contributed by atoms with van der Waals surface area (Å²) in [5.41, 5.74) is 0.501. The van der Waals surface area contributed by atoms with E-state index in [0.717, 1.165) is 32.5 Å². The molecule has 0 aromatic carbocycles. The van der Waals surface area contributed by atoms with Gasteiger partial charge >= 0.3 is 0 Å². The van der Waals surface area contributed by atoms with E-state index in [1.165, 1.54) is 6.20 Å². The van der Waals surface area contributed by atoms with Gasteiger partial charge in [0.05, 0.1) is 11.9 Å². The Hall–Kier alpha value is -1.20. The van der Waals surface area contributed by atoms with Crippen LogP contribution in [0.5, 0.6) is 0 Å². The third-order valence-electron chi connectivity index (χ3n) is 3.38. The first-order chi connectivity index (χ1) is 8.79. The monoisotopic (exact) mass is 253 g/mol. The summed E-state index contributed by atoms with van der Waals surface area (Å²) in [6.45, 7) is 3.86. The van der Waals surface area contributed by atoms with Gasteiger partial charge in [0.1, 0.15) is 0 Å². The Kier molecular flexibility index (Phi) is 4.90. The summed E-state index contributed by atoms with van der Waals surface area (Å²) in [6, 6.07) is 1.64. The number of aliphatic hydroxyl groups is 1. The molecule has 1 fully saturated rings. The van der Waals surface area contributed by atoms with Gasteiger partial charge in [0.25, 0.3) is 0 Å². The normalized spacial score (nSPS) is 20.9. The predicted molar refractivity (Wildman–Crippen MR) is 68.9 cm³/mol. The van der Waals surface area contributed by atoms with E-state index in [0.29, 0.717) is 18.2 Å². The van der Waals surface area contributed by atoms with Crippen LogP contribution in [0.15, 0.2) is 18.5 Å². The summed E-state index contributed by atoms with van der Waals surface area (Å²) in [5, 5.41) is 12.2. The highest BCUT2D eigenvalue weighted by Gasteiger charge is 2.18. The third kappa shape index (κ3) is 3.65. The zero-order valence-corrected chi connectivity index (χ0v) is 10.5. The third-order valence-corrected chi connectivity index (χ3v) is 3.38. The second kappa shape index (κ2) is 6.66. The average molecular weight is 253 g/mol. The smallest absolute Gasteiger partial charge is 0.164 e. The van der Waals surface area contributed by atoms with Crippen LogP contribution < -0.4 is 5.32 Å². The molecule has 2 N–H and O–H groups in total. The van der Waals surface area contributed by atoms with Crippen molar-refractivity contribution in [3.63, 3.8) is 0 Å². The number of nitrogens with zero attached hydrogens (tertiary/aromatic N) is 2. The first-order valence-corrected chi connectivity index (χ1v) is 6.46. The number of pyridine rings is 1. The van der Waals surface area contributed by atoms with Crippen molar-refractivity contribution in [3.8, 4) is 0 Å². The second-order valence-electron chi connectivity index (χ2n) is 4.77. The van der Waals surface area contributed by atoms with Crippen molar-refractivity contribution in [1.82, 2.24) is 9.88 Å². The van der Waals surface area contributed by atoms with E-state index < -0.39 is 0 Å². The van der Waals surface area contributed by atoms with Gasteiger partial charge in [-0.05, 0) is 31.4 Å². The fourth-order valence-electron chi connectivity index (χ4n) is 2.37. The van der Waals surface area contributed by atoms with Crippen LogP contribution in [0, 0.1) is 11.7 Å². The lowest BCUT2D eigenvalue weighted by Gasteiger charge is -2.31. The number of aromatic nitrogens is 1. The van der Waals surface area contributed by atoms with Gasteiger partial charge in [-0.25, -0.2) is 4.39 Å². The Balaban J connectivity index is 1.73. The largest absolute Gasteiger partial charge is 0.396 e. The van der Waals surface area contributed by atoms with Gasteiger partial charge in [-0.3, -0.25) is 4.98 Å². The van der Waals surface area contributed by atoms with Gasteiger partial charge < -0.3 is 15.3 Å². The van der Waals surface area contributed by atoms with E-state index in [1.807, 2.05) is 0 Å². The van der Waals surface area contributed by atoms with Gasteiger partial charge in [-0.2, -0.15) is 0 Å². The Morgan fingerprint density at radius 3 is 3.22 bits per heavy atom. The van der Waals surface area contributed by atoms with Crippen LogP contribution in [0.4, 0.5) is 10.1 Å². The van der Waals surface area contributed by atoms with Crippen LogP contribution in [0.25, 0.3) is 0 Å². The molecule has 1 atom stereocenters. The fourth-order valence-corrected chi connectivity index (χ4v) is 2.37. The number of rotatable bonds is 5. The molecule has 5 heteroatoms. The van der Waals surface area contributed by atoms with Gasteiger partial charge in [-0.15, -0.1) is 0 Å². The van der Waals surface area contributed by atoms with E-state index in [9.17, 15) is 4.39 Å². The van der Waals surface area contributed by atoms with Gasteiger partial charge in [0, 0.05) is 32.4 Å². The Morgan fingerprint density at radius 2 is 2.44 bits per heavy atom. The second-order valence-corrected chi connectivity index (χ2v) is 4.77.